The van der Waals surface area contributed by atoms with E-state index in [1.54, 1.807) is 24.3 Å². The molecule has 0 saturated heterocycles. The molecular weight excluding hydrogens is 421 g/mol. The van der Waals surface area contributed by atoms with Crippen LogP contribution in [0.2, 0.25) is 0 Å². The van der Waals surface area contributed by atoms with Crippen molar-refractivity contribution in [3.05, 3.63) is 88.7 Å². The number of nitrogens with one attached hydrogen (secondary N) is 1. The molecule has 6 nitrogen and oxygen atoms in total. The zero-order valence-corrected chi connectivity index (χ0v) is 18.3. The van der Waals surface area contributed by atoms with Gasteiger partial charge in [0.25, 0.3) is 5.91 Å². The smallest absolute Gasteiger partial charge is 0.306 e. The van der Waals surface area contributed by atoms with Crippen LogP contribution in [0.1, 0.15) is 41.6 Å². The van der Waals surface area contributed by atoms with Crippen molar-refractivity contribution in [1.29, 1.82) is 0 Å². The van der Waals surface area contributed by atoms with E-state index in [1.165, 1.54) is 12.1 Å². The van der Waals surface area contributed by atoms with Gasteiger partial charge in [-0.3, -0.25) is 4.79 Å². The van der Waals surface area contributed by atoms with Crippen molar-refractivity contribution in [3.8, 4) is 11.5 Å². The molecule has 7 heteroatoms. The van der Waals surface area contributed by atoms with Crippen LogP contribution in [0.5, 0.6) is 11.5 Å². The molecule has 3 aliphatic heterocycles. The molecule has 0 fully saturated rings. The molecule has 3 heterocycles. The van der Waals surface area contributed by atoms with Crippen LogP contribution in [-0.2, 0) is 16.9 Å². The van der Waals surface area contributed by atoms with Crippen LogP contribution in [0, 0.1) is 5.82 Å². The Morgan fingerprint density at radius 2 is 2.03 bits per heavy atom. The Bertz CT molecular complexity index is 1320. The maximum atomic E-state index is 13.6. The molecule has 2 atom stereocenters. The number of para-hydroxylation sites is 1. The Kier molecular flexibility index (Phi) is 4.24. The topological polar surface area (TPSA) is 63.2 Å². The number of aryl methyl sites for hydroxylation is 1. The van der Waals surface area contributed by atoms with Crippen molar-refractivity contribution in [2.75, 3.05) is 12.4 Å². The first kappa shape index (κ1) is 19.8. The average Bonchev–Trinajstić information content (AvgIpc) is 3.40. The van der Waals surface area contributed by atoms with Crippen LogP contribution < -0.4 is 14.8 Å². The third kappa shape index (κ3) is 2.71. The second-order valence-corrected chi connectivity index (χ2v) is 8.43. The SMILES string of the molecule is CCc1ccc2c(c1)C1(Oc3c(OC)cccc3C3CC(c4ccc(F)cc4)=NN31)C(=O)N2. The van der Waals surface area contributed by atoms with Crippen LogP contribution in [-0.4, -0.2) is 23.7 Å². The molecular formula is C26H22FN3O3. The Morgan fingerprint density at radius 1 is 1.21 bits per heavy atom. The number of hydrogen-bond acceptors (Lipinski definition) is 5. The van der Waals surface area contributed by atoms with E-state index in [1.807, 2.05) is 36.4 Å². The first-order chi connectivity index (χ1) is 16.0. The molecule has 1 amide bonds. The van der Waals surface area contributed by atoms with Crippen molar-refractivity contribution >= 4 is 17.3 Å². The maximum absolute atomic E-state index is 13.6. The average molecular weight is 443 g/mol. The van der Waals surface area contributed by atoms with Gasteiger partial charge in [-0.25, -0.2) is 9.40 Å². The summed E-state index contributed by atoms with van der Waals surface area (Å²) in [6.07, 6.45) is 1.37. The fourth-order valence-electron chi connectivity index (χ4n) is 4.98. The summed E-state index contributed by atoms with van der Waals surface area (Å²) in [7, 11) is 1.59. The van der Waals surface area contributed by atoms with Crippen LogP contribution in [0.25, 0.3) is 0 Å². The lowest BCUT2D eigenvalue weighted by Crippen LogP contribution is -2.55. The minimum Gasteiger partial charge on any atom is -0.493 e. The number of nitrogens with zero attached hydrogens (tertiary/aromatic N) is 2. The van der Waals surface area contributed by atoms with Gasteiger partial charge in [0.05, 0.1) is 30.1 Å². The standard InChI is InChI=1S/C26H22FN3O3/c1-3-15-7-12-20-19(13-15)26(25(31)28-20)30-22(18-5-4-6-23(32-2)24(18)33-26)14-21(29-30)16-8-10-17(27)11-9-16/h4-13,22H,3,14H2,1-2H3,(H,28,31). The number of carbonyl (C=O) groups is 1. The molecule has 0 saturated carbocycles. The van der Waals surface area contributed by atoms with Gasteiger partial charge < -0.3 is 14.8 Å². The number of amides is 1. The van der Waals surface area contributed by atoms with Gasteiger partial charge in [0.1, 0.15) is 5.82 Å². The van der Waals surface area contributed by atoms with Crippen molar-refractivity contribution in [2.24, 2.45) is 5.10 Å². The molecule has 3 aliphatic rings. The van der Waals surface area contributed by atoms with Crippen LogP contribution in [0.15, 0.2) is 65.8 Å². The van der Waals surface area contributed by atoms with E-state index in [2.05, 4.69) is 12.2 Å². The van der Waals surface area contributed by atoms with Crippen molar-refractivity contribution in [2.45, 2.75) is 31.5 Å². The highest BCUT2D eigenvalue weighted by molar-refractivity contribution is 6.07. The van der Waals surface area contributed by atoms with Gasteiger partial charge in [-0.2, -0.15) is 5.10 Å². The number of ether oxygens (including phenoxy) is 2. The molecule has 3 aromatic carbocycles. The van der Waals surface area contributed by atoms with Crippen LogP contribution >= 0.6 is 0 Å². The number of benzene rings is 3. The third-order valence-electron chi connectivity index (χ3n) is 6.66. The second kappa shape index (κ2) is 7.07. The van der Waals surface area contributed by atoms with Gasteiger partial charge in [-0.1, -0.05) is 37.3 Å². The predicted octanol–water partition coefficient (Wildman–Crippen LogP) is 4.75. The molecule has 33 heavy (non-hydrogen) atoms. The van der Waals surface area contributed by atoms with Gasteiger partial charge in [-0.15, -0.1) is 0 Å². The highest BCUT2D eigenvalue weighted by Crippen LogP contribution is 2.56. The zero-order valence-electron chi connectivity index (χ0n) is 18.3. The van der Waals surface area contributed by atoms with E-state index >= 15 is 0 Å². The van der Waals surface area contributed by atoms with Gasteiger partial charge >= 0.3 is 5.72 Å². The summed E-state index contributed by atoms with van der Waals surface area (Å²) in [4.78, 5) is 13.6. The highest BCUT2D eigenvalue weighted by Gasteiger charge is 2.61. The summed E-state index contributed by atoms with van der Waals surface area (Å²) in [5.41, 5.74) is 3.55. The molecule has 2 unspecified atom stereocenters. The summed E-state index contributed by atoms with van der Waals surface area (Å²) in [6.45, 7) is 2.07. The molecule has 6 rings (SSSR count). The largest absolute Gasteiger partial charge is 0.493 e. The minimum absolute atomic E-state index is 0.245. The molecule has 0 aromatic heterocycles. The molecule has 166 valence electrons. The number of rotatable bonds is 3. The lowest BCUT2D eigenvalue weighted by atomic mass is 9.91. The number of hydrazone groups is 1. The number of anilines is 1. The van der Waals surface area contributed by atoms with E-state index in [-0.39, 0.29) is 17.8 Å². The summed E-state index contributed by atoms with van der Waals surface area (Å²) in [5.74, 6) is 0.508. The van der Waals surface area contributed by atoms with E-state index < -0.39 is 5.72 Å². The molecule has 1 N–H and O–H groups in total. The zero-order chi connectivity index (χ0) is 22.7. The predicted molar refractivity (Wildman–Crippen MR) is 122 cm³/mol. The van der Waals surface area contributed by atoms with Gasteiger partial charge in [0, 0.05) is 12.0 Å². The number of carbonyl (C=O) groups excluding carboxylic acids is 1. The summed E-state index contributed by atoms with van der Waals surface area (Å²) in [6, 6.07) is 17.7. The third-order valence-corrected chi connectivity index (χ3v) is 6.66. The Morgan fingerprint density at radius 3 is 2.79 bits per heavy atom. The Balaban J connectivity index is 1.59. The summed E-state index contributed by atoms with van der Waals surface area (Å²) >= 11 is 0. The quantitative estimate of drug-likeness (QED) is 0.635. The van der Waals surface area contributed by atoms with Crippen molar-refractivity contribution in [3.63, 3.8) is 0 Å². The highest BCUT2D eigenvalue weighted by atomic mass is 19.1. The number of halogens is 1. The lowest BCUT2D eigenvalue weighted by Gasteiger charge is -2.44. The normalized spacial score (nSPS) is 22.3. The molecule has 0 bridgehead atoms. The maximum Gasteiger partial charge on any atom is 0.306 e. The molecule has 1 spiro atoms. The van der Waals surface area contributed by atoms with Crippen LogP contribution in [0.4, 0.5) is 10.1 Å². The lowest BCUT2D eigenvalue weighted by molar-refractivity contribution is -0.161. The number of methoxy groups -OCH3 is 1. The summed E-state index contributed by atoms with van der Waals surface area (Å²) in [5, 5.41) is 9.66. The van der Waals surface area contributed by atoms with Crippen molar-refractivity contribution < 1.29 is 18.7 Å². The fraction of sp³-hybridized carbons (Fsp3) is 0.231. The number of fused-ring (bicyclic) bond motifs is 6. The van der Waals surface area contributed by atoms with E-state index in [9.17, 15) is 9.18 Å². The second-order valence-electron chi connectivity index (χ2n) is 8.43. The van der Waals surface area contributed by atoms with E-state index in [4.69, 9.17) is 14.6 Å². The first-order valence-corrected chi connectivity index (χ1v) is 11.0. The number of hydrogen-bond donors (Lipinski definition) is 1. The Labute approximate surface area is 190 Å². The monoisotopic (exact) mass is 443 g/mol. The molecule has 0 aliphatic carbocycles. The van der Waals surface area contributed by atoms with Crippen LogP contribution in [0.3, 0.4) is 0 Å². The molecule has 0 radical (unpaired) electrons. The molecule has 3 aromatic rings. The van der Waals surface area contributed by atoms with Gasteiger partial charge in [-0.05, 0) is 47.9 Å². The first-order valence-electron chi connectivity index (χ1n) is 11.0. The van der Waals surface area contributed by atoms with Crippen molar-refractivity contribution in [1.82, 2.24) is 5.01 Å². The van der Waals surface area contributed by atoms with Gasteiger partial charge in [0.15, 0.2) is 11.5 Å². The Hall–Kier alpha value is -3.87. The fourth-order valence-corrected chi connectivity index (χ4v) is 4.98. The van der Waals surface area contributed by atoms with E-state index in [0.29, 0.717) is 23.6 Å². The van der Waals surface area contributed by atoms with Gasteiger partial charge in [0.2, 0.25) is 0 Å². The van der Waals surface area contributed by atoms with E-state index in [0.717, 1.165) is 34.4 Å². The summed E-state index contributed by atoms with van der Waals surface area (Å²) < 4.78 is 25.7. The minimum atomic E-state index is -1.46.